The SMILES string of the molecule is CCOC(=O)c1cc(F)cc(NC=C(C#N)c2nn[nH]n2)c1. The standard InChI is InChI=1S/C13H11FN6O2/c1-2-22-13(21)8-3-10(14)5-11(4-8)16-7-9(6-15)12-17-19-20-18-12/h3-5,7,16H,2H2,1H3,(H,17,18,19,20). The molecule has 0 spiro atoms. The highest BCUT2D eigenvalue weighted by Gasteiger charge is 2.10. The Labute approximate surface area is 124 Å². The number of hydrogen-bond acceptors (Lipinski definition) is 7. The number of nitrogens with one attached hydrogen (secondary N) is 2. The first-order valence-electron chi connectivity index (χ1n) is 6.22. The number of esters is 1. The number of halogens is 1. The topological polar surface area (TPSA) is 117 Å². The van der Waals surface area contributed by atoms with E-state index in [0.29, 0.717) is 0 Å². The van der Waals surface area contributed by atoms with Crippen molar-refractivity contribution in [3.63, 3.8) is 0 Å². The third-order valence-corrected chi connectivity index (χ3v) is 2.50. The number of nitriles is 1. The number of anilines is 1. The molecular weight excluding hydrogens is 291 g/mol. The van der Waals surface area contributed by atoms with Crippen molar-refractivity contribution in [3.8, 4) is 6.07 Å². The molecule has 22 heavy (non-hydrogen) atoms. The summed E-state index contributed by atoms with van der Waals surface area (Å²) in [5.41, 5.74) is 0.436. The molecule has 1 heterocycles. The van der Waals surface area contributed by atoms with Gasteiger partial charge in [0.15, 0.2) is 0 Å². The molecule has 0 fully saturated rings. The maximum atomic E-state index is 13.5. The van der Waals surface area contributed by atoms with Crippen molar-refractivity contribution in [1.29, 1.82) is 5.26 Å². The van der Waals surface area contributed by atoms with E-state index >= 15 is 0 Å². The average Bonchev–Trinajstić information content (AvgIpc) is 3.02. The fourth-order valence-corrected chi connectivity index (χ4v) is 1.58. The highest BCUT2D eigenvalue weighted by Crippen LogP contribution is 2.16. The van der Waals surface area contributed by atoms with Gasteiger partial charge in [0.05, 0.1) is 12.2 Å². The van der Waals surface area contributed by atoms with Gasteiger partial charge in [0.2, 0.25) is 5.82 Å². The Bertz CT molecular complexity index is 735. The van der Waals surface area contributed by atoms with Crippen molar-refractivity contribution in [3.05, 3.63) is 41.6 Å². The Morgan fingerprint density at radius 2 is 2.36 bits per heavy atom. The molecule has 0 aliphatic heterocycles. The molecule has 0 radical (unpaired) electrons. The minimum absolute atomic E-state index is 0.0656. The highest BCUT2D eigenvalue weighted by molar-refractivity contribution is 5.90. The van der Waals surface area contributed by atoms with Gasteiger partial charge in [0.1, 0.15) is 17.5 Å². The summed E-state index contributed by atoms with van der Waals surface area (Å²) in [5, 5.41) is 24.6. The van der Waals surface area contributed by atoms with E-state index in [1.807, 2.05) is 6.07 Å². The molecule has 2 N–H and O–H groups in total. The van der Waals surface area contributed by atoms with Crippen LogP contribution in [0.3, 0.4) is 0 Å². The molecule has 9 heteroatoms. The first-order valence-corrected chi connectivity index (χ1v) is 6.22. The molecule has 0 unspecified atom stereocenters. The molecule has 1 aromatic carbocycles. The van der Waals surface area contributed by atoms with E-state index in [4.69, 9.17) is 10.00 Å². The van der Waals surface area contributed by atoms with Crippen LogP contribution in [0, 0.1) is 17.1 Å². The predicted octanol–water partition coefficient (Wildman–Crippen LogP) is 1.49. The van der Waals surface area contributed by atoms with E-state index < -0.39 is 11.8 Å². The van der Waals surface area contributed by atoms with Crippen molar-refractivity contribution >= 4 is 17.2 Å². The van der Waals surface area contributed by atoms with E-state index in [9.17, 15) is 9.18 Å². The van der Waals surface area contributed by atoms with Crippen LogP contribution >= 0.6 is 0 Å². The number of rotatable bonds is 5. The number of aromatic amines is 1. The van der Waals surface area contributed by atoms with Crippen molar-refractivity contribution in [2.75, 3.05) is 11.9 Å². The number of carbonyl (C=O) groups is 1. The number of nitrogens with zero attached hydrogens (tertiary/aromatic N) is 4. The summed E-state index contributed by atoms with van der Waals surface area (Å²) in [4.78, 5) is 11.6. The number of tetrazole rings is 1. The molecule has 8 nitrogen and oxygen atoms in total. The lowest BCUT2D eigenvalue weighted by Gasteiger charge is -2.06. The highest BCUT2D eigenvalue weighted by atomic mass is 19.1. The van der Waals surface area contributed by atoms with Crippen molar-refractivity contribution in [1.82, 2.24) is 20.6 Å². The zero-order valence-electron chi connectivity index (χ0n) is 11.5. The van der Waals surface area contributed by atoms with Gasteiger partial charge in [-0.25, -0.2) is 9.18 Å². The number of H-pyrrole nitrogens is 1. The van der Waals surface area contributed by atoms with E-state index in [-0.39, 0.29) is 29.3 Å². The van der Waals surface area contributed by atoms with E-state index in [1.165, 1.54) is 18.3 Å². The third kappa shape index (κ3) is 3.63. The molecule has 0 saturated heterocycles. The van der Waals surface area contributed by atoms with Crippen molar-refractivity contribution < 1.29 is 13.9 Å². The number of ether oxygens (including phenoxy) is 1. The number of benzene rings is 1. The average molecular weight is 302 g/mol. The van der Waals surface area contributed by atoms with Crippen LogP contribution in [0.25, 0.3) is 5.57 Å². The monoisotopic (exact) mass is 302 g/mol. The third-order valence-electron chi connectivity index (χ3n) is 2.50. The van der Waals surface area contributed by atoms with Crippen LogP contribution < -0.4 is 5.32 Å². The second-order valence-corrected chi connectivity index (χ2v) is 4.00. The van der Waals surface area contributed by atoms with Gasteiger partial charge in [-0.3, -0.25) is 0 Å². The van der Waals surface area contributed by atoms with Crippen molar-refractivity contribution in [2.24, 2.45) is 0 Å². The van der Waals surface area contributed by atoms with Gasteiger partial charge in [0.25, 0.3) is 0 Å². The van der Waals surface area contributed by atoms with Gasteiger partial charge in [-0.1, -0.05) is 0 Å². The quantitative estimate of drug-likeness (QED) is 0.634. The van der Waals surface area contributed by atoms with Gasteiger partial charge in [-0.2, -0.15) is 10.5 Å². The first-order chi connectivity index (χ1) is 10.6. The predicted molar refractivity (Wildman–Crippen MR) is 73.7 cm³/mol. The lowest BCUT2D eigenvalue weighted by molar-refractivity contribution is 0.0526. The van der Waals surface area contributed by atoms with E-state index in [1.54, 1.807) is 6.92 Å². The largest absolute Gasteiger partial charge is 0.462 e. The summed E-state index contributed by atoms with van der Waals surface area (Å²) in [6.07, 6.45) is 1.29. The van der Waals surface area contributed by atoms with E-state index in [0.717, 1.165) is 6.07 Å². The van der Waals surface area contributed by atoms with Crippen LogP contribution in [0.15, 0.2) is 24.4 Å². The number of allylic oxidation sites excluding steroid dienone is 1. The molecule has 0 saturated carbocycles. The van der Waals surface area contributed by atoms with Crippen LogP contribution in [0.1, 0.15) is 23.1 Å². The summed E-state index contributed by atoms with van der Waals surface area (Å²) >= 11 is 0. The fraction of sp³-hybridized carbons (Fsp3) is 0.154. The number of aromatic nitrogens is 4. The normalized spacial score (nSPS) is 10.9. The van der Waals surface area contributed by atoms with Gasteiger partial charge >= 0.3 is 5.97 Å². The van der Waals surface area contributed by atoms with Crippen LogP contribution in [0.2, 0.25) is 0 Å². The van der Waals surface area contributed by atoms with Gasteiger partial charge < -0.3 is 10.1 Å². The lowest BCUT2D eigenvalue weighted by atomic mass is 10.2. The summed E-state index contributed by atoms with van der Waals surface area (Å²) in [5.74, 6) is -1.15. The zero-order valence-corrected chi connectivity index (χ0v) is 11.5. The number of hydrogen-bond donors (Lipinski definition) is 2. The number of carbonyl (C=O) groups excluding carboxylic acids is 1. The fourth-order valence-electron chi connectivity index (χ4n) is 1.58. The molecule has 2 aromatic rings. The molecule has 112 valence electrons. The summed E-state index contributed by atoms with van der Waals surface area (Å²) in [7, 11) is 0. The van der Waals surface area contributed by atoms with Crippen LogP contribution in [0.4, 0.5) is 10.1 Å². The Balaban J connectivity index is 2.23. The summed E-state index contributed by atoms with van der Waals surface area (Å²) in [6.45, 7) is 1.84. The smallest absolute Gasteiger partial charge is 0.338 e. The molecule has 0 bridgehead atoms. The Hall–Kier alpha value is -3.28. The second kappa shape index (κ2) is 6.94. The molecule has 1 aromatic heterocycles. The summed E-state index contributed by atoms with van der Waals surface area (Å²) in [6, 6.07) is 5.52. The summed E-state index contributed by atoms with van der Waals surface area (Å²) < 4.78 is 18.3. The van der Waals surface area contributed by atoms with Crippen LogP contribution in [-0.4, -0.2) is 33.2 Å². The minimum atomic E-state index is -0.632. The van der Waals surface area contributed by atoms with Gasteiger partial charge in [-0.15, -0.1) is 10.2 Å². The minimum Gasteiger partial charge on any atom is -0.462 e. The Morgan fingerprint density at radius 1 is 1.55 bits per heavy atom. The second-order valence-electron chi connectivity index (χ2n) is 4.00. The van der Waals surface area contributed by atoms with Gasteiger partial charge in [0, 0.05) is 11.9 Å². The zero-order chi connectivity index (χ0) is 15.9. The van der Waals surface area contributed by atoms with Crippen LogP contribution in [0.5, 0.6) is 0 Å². The van der Waals surface area contributed by atoms with Crippen LogP contribution in [-0.2, 0) is 4.74 Å². The Morgan fingerprint density at radius 3 is 3.00 bits per heavy atom. The van der Waals surface area contributed by atoms with Gasteiger partial charge in [-0.05, 0) is 30.3 Å². The maximum Gasteiger partial charge on any atom is 0.338 e. The molecule has 0 aliphatic carbocycles. The lowest BCUT2D eigenvalue weighted by Crippen LogP contribution is -2.06. The molecule has 0 atom stereocenters. The molecule has 0 amide bonds. The first kappa shape index (κ1) is 15.1. The van der Waals surface area contributed by atoms with Crippen molar-refractivity contribution in [2.45, 2.75) is 6.92 Å². The molecule has 0 aliphatic rings. The Kier molecular flexibility index (Phi) is 4.77. The maximum absolute atomic E-state index is 13.5. The molecular formula is C13H11FN6O2. The van der Waals surface area contributed by atoms with E-state index in [2.05, 4.69) is 25.9 Å². The molecule has 2 rings (SSSR count).